The van der Waals surface area contributed by atoms with Crippen LogP contribution in [0, 0.1) is 0 Å². The molecule has 0 aliphatic rings. The first-order chi connectivity index (χ1) is 18.5. The third-order valence-electron chi connectivity index (χ3n) is 6.85. The molecule has 0 spiro atoms. The molecule has 4 aromatic carbocycles. The van der Waals surface area contributed by atoms with E-state index in [1.807, 2.05) is 12.3 Å². The third-order valence-corrected chi connectivity index (χ3v) is 7.75. The van der Waals surface area contributed by atoms with Gasteiger partial charge in [0.2, 0.25) is 0 Å². The highest BCUT2D eigenvalue weighted by Crippen LogP contribution is 2.32. The fraction of sp³-hybridized carbons (Fsp3) is 0.219. The fourth-order valence-electron chi connectivity index (χ4n) is 4.94. The van der Waals surface area contributed by atoms with Crippen LogP contribution >= 0.6 is 34.8 Å². The molecule has 0 unspecified atom stereocenters. The van der Waals surface area contributed by atoms with Crippen molar-refractivity contribution in [2.45, 2.75) is 45.9 Å². The Hall–Kier alpha value is -2.82. The molecule has 0 bridgehead atoms. The molecule has 3 nitrogen and oxygen atoms in total. The topological polar surface area (TPSA) is 21.1 Å². The Morgan fingerprint density at radius 2 is 1.50 bits per heavy atom. The molecule has 1 aromatic heterocycles. The maximum absolute atomic E-state index is 6.65. The Balaban J connectivity index is 1.54. The Morgan fingerprint density at radius 1 is 0.789 bits per heavy atom. The third kappa shape index (κ3) is 6.08. The van der Waals surface area contributed by atoms with Gasteiger partial charge < -0.3 is 4.57 Å². The van der Waals surface area contributed by atoms with Crippen molar-refractivity contribution in [1.29, 1.82) is 0 Å². The number of hydrogen-bond donors (Lipinski definition) is 0. The first-order valence-electron chi connectivity index (χ1n) is 13.0. The van der Waals surface area contributed by atoms with Gasteiger partial charge in [0.05, 0.1) is 11.9 Å². The Labute approximate surface area is 239 Å². The molecule has 0 saturated heterocycles. The van der Waals surface area contributed by atoms with Crippen LogP contribution in [0.15, 0.2) is 91.1 Å². The van der Waals surface area contributed by atoms with Crippen LogP contribution in [0.2, 0.25) is 15.1 Å². The van der Waals surface area contributed by atoms with Crippen LogP contribution in [0.1, 0.15) is 36.6 Å². The monoisotopic (exact) mass is 561 g/mol. The Bertz CT molecular complexity index is 1500. The SMILES string of the molecule is CCCCn1c(CN(Cc2c(Cl)cc(Cl)cc2Cl)Cc2cccc3ccccc23)cnc1-c1ccccc1. The summed E-state index contributed by atoms with van der Waals surface area (Å²) < 4.78 is 2.36. The first kappa shape index (κ1) is 26.8. The van der Waals surface area contributed by atoms with E-state index < -0.39 is 0 Å². The van der Waals surface area contributed by atoms with Gasteiger partial charge >= 0.3 is 0 Å². The second-order valence-corrected chi connectivity index (χ2v) is 10.8. The average Bonchev–Trinajstić information content (AvgIpc) is 3.32. The molecule has 5 aromatic rings. The molecule has 5 rings (SSSR count). The van der Waals surface area contributed by atoms with Gasteiger partial charge in [-0.05, 0) is 34.9 Å². The predicted octanol–water partition coefficient (Wildman–Crippen LogP) is 9.67. The van der Waals surface area contributed by atoms with Crippen molar-refractivity contribution < 1.29 is 0 Å². The van der Waals surface area contributed by atoms with Crippen molar-refractivity contribution in [3.63, 3.8) is 0 Å². The van der Waals surface area contributed by atoms with E-state index in [4.69, 9.17) is 39.8 Å². The van der Waals surface area contributed by atoms with Crippen molar-refractivity contribution in [3.8, 4) is 11.4 Å². The Kier molecular flexibility index (Phi) is 8.71. The number of unbranched alkanes of at least 4 members (excludes halogenated alkanes) is 1. The minimum absolute atomic E-state index is 0.537. The lowest BCUT2D eigenvalue weighted by Gasteiger charge is -2.25. The van der Waals surface area contributed by atoms with E-state index in [2.05, 4.69) is 83.1 Å². The standard InChI is InChI=1S/C32H30Cl3N3/c1-2-3-16-38-27(19-36-32(38)24-11-5-4-6-12-24)21-37(22-29-30(34)17-26(33)18-31(29)35)20-25-14-9-13-23-10-7-8-15-28(23)25/h4-15,17-19H,2-3,16,20-22H2,1H3. The number of aromatic nitrogens is 2. The van der Waals surface area contributed by atoms with E-state index in [0.717, 1.165) is 42.9 Å². The summed E-state index contributed by atoms with van der Waals surface area (Å²) in [5, 5.41) is 4.17. The molecule has 0 fully saturated rings. The lowest BCUT2D eigenvalue weighted by atomic mass is 10.0. The van der Waals surface area contributed by atoms with Crippen molar-refractivity contribution in [2.24, 2.45) is 0 Å². The maximum Gasteiger partial charge on any atom is 0.140 e. The summed E-state index contributed by atoms with van der Waals surface area (Å²) in [5.74, 6) is 1.00. The number of fused-ring (bicyclic) bond motifs is 1. The van der Waals surface area contributed by atoms with Crippen LogP contribution in [0.5, 0.6) is 0 Å². The highest BCUT2D eigenvalue weighted by molar-refractivity contribution is 6.39. The maximum atomic E-state index is 6.65. The minimum Gasteiger partial charge on any atom is -0.327 e. The van der Waals surface area contributed by atoms with Gasteiger partial charge in [-0.15, -0.1) is 0 Å². The molecule has 0 atom stereocenters. The molecule has 0 amide bonds. The summed E-state index contributed by atoms with van der Waals surface area (Å²) in [6.45, 7) is 5.15. The molecule has 0 aliphatic heterocycles. The molecule has 38 heavy (non-hydrogen) atoms. The van der Waals surface area contributed by atoms with E-state index in [9.17, 15) is 0 Å². The summed E-state index contributed by atoms with van der Waals surface area (Å²) in [6, 6.07) is 28.9. The van der Waals surface area contributed by atoms with Crippen LogP contribution in [-0.4, -0.2) is 14.5 Å². The summed E-state index contributed by atoms with van der Waals surface area (Å²) in [5.41, 5.74) is 4.42. The zero-order chi connectivity index (χ0) is 26.5. The summed E-state index contributed by atoms with van der Waals surface area (Å²) in [7, 11) is 0. The zero-order valence-electron chi connectivity index (χ0n) is 21.4. The summed E-state index contributed by atoms with van der Waals surface area (Å²) in [4.78, 5) is 7.26. The molecule has 0 N–H and O–H groups in total. The van der Waals surface area contributed by atoms with Crippen molar-refractivity contribution >= 4 is 45.6 Å². The number of imidazole rings is 1. The number of halogens is 3. The van der Waals surface area contributed by atoms with E-state index in [0.29, 0.717) is 28.2 Å². The summed E-state index contributed by atoms with van der Waals surface area (Å²) in [6.07, 6.45) is 4.21. The number of rotatable bonds is 10. The normalized spacial score (nSPS) is 11.5. The van der Waals surface area contributed by atoms with Gasteiger partial charge in [0.1, 0.15) is 5.82 Å². The van der Waals surface area contributed by atoms with Gasteiger partial charge in [-0.1, -0.05) is 121 Å². The van der Waals surface area contributed by atoms with Crippen LogP contribution in [0.4, 0.5) is 0 Å². The quantitative estimate of drug-likeness (QED) is 0.169. The van der Waals surface area contributed by atoms with E-state index in [1.165, 1.54) is 22.0 Å². The highest BCUT2D eigenvalue weighted by Gasteiger charge is 2.19. The van der Waals surface area contributed by atoms with Gasteiger partial charge in [0.25, 0.3) is 0 Å². The fourth-order valence-corrected chi connectivity index (χ4v) is 5.87. The van der Waals surface area contributed by atoms with Crippen LogP contribution in [-0.2, 0) is 26.2 Å². The van der Waals surface area contributed by atoms with Gasteiger partial charge in [0, 0.05) is 52.4 Å². The number of hydrogen-bond acceptors (Lipinski definition) is 2. The van der Waals surface area contributed by atoms with Crippen molar-refractivity contribution in [2.75, 3.05) is 0 Å². The number of nitrogens with zero attached hydrogens (tertiary/aromatic N) is 3. The molecule has 0 saturated carbocycles. The van der Waals surface area contributed by atoms with E-state index >= 15 is 0 Å². The van der Waals surface area contributed by atoms with E-state index in [-0.39, 0.29) is 0 Å². The van der Waals surface area contributed by atoms with Gasteiger partial charge in [-0.25, -0.2) is 4.98 Å². The lowest BCUT2D eigenvalue weighted by molar-refractivity contribution is 0.242. The second-order valence-electron chi connectivity index (χ2n) is 9.58. The first-order valence-corrected chi connectivity index (χ1v) is 14.1. The molecule has 0 aliphatic carbocycles. The van der Waals surface area contributed by atoms with Crippen molar-refractivity contribution in [1.82, 2.24) is 14.5 Å². The van der Waals surface area contributed by atoms with Gasteiger partial charge in [-0.3, -0.25) is 4.90 Å². The molecular formula is C32H30Cl3N3. The van der Waals surface area contributed by atoms with Crippen LogP contribution in [0.3, 0.4) is 0 Å². The largest absolute Gasteiger partial charge is 0.327 e. The predicted molar refractivity (Wildman–Crippen MR) is 161 cm³/mol. The molecule has 0 radical (unpaired) electrons. The smallest absolute Gasteiger partial charge is 0.140 e. The molecular weight excluding hydrogens is 533 g/mol. The number of benzene rings is 4. The minimum atomic E-state index is 0.537. The molecule has 1 heterocycles. The van der Waals surface area contributed by atoms with Crippen LogP contribution in [0.25, 0.3) is 22.2 Å². The van der Waals surface area contributed by atoms with Gasteiger partial charge in [0.15, 0.2) is 0 Å². The summed E-state index contributed by atoms with van der Waals surface area (Å²) >= 11 is 19.5. The average molecular weight is 563 g/mol. The molecule has 6 heteroatoms. The second kappa shape index (κ2) is 12.4. The molecule has 194 valence electrons. The van der Waals surface area contributed by atoms with Gasteiger partial charge in [-0.2, -0.15) is 0 Å². The zero-order valence-corrected chi connectivity index (χ0v) is 23.6. The van der Waals surface area contributed by atoms with Crippen molar-refractivity contribution in [3.05, 3.63) is 123 Å². The Morgan fingerprint density at radius 3 is 2.26 bits per heavy atom. The van der Waals surface area contributed by atoms with Crippen LogP contribution < -0.4 is 0 Å². The lowest BCUT2D eigenvalue weighted by Crippen LogP contribution is -2.24. The highest BCUT2D eigenvalue weighted by atomic mass is 35.5. The van der Waals surface area contributed by atoms with E-state index in [1.54, 1.807) is 12.1 Å².